The summed E-state index contributed by atoms with van der Waals surface area (Å²) < 4.78 is 0. The third kappa shape index (κ3) is 3.98. The Kier molecular flexibility index (Phi) is 5.24. The van der Waals surface area contributed by atoms with Crippen molar-refractivity contribution in [1.29, 1.82) is 0 Å². The lowest BCUT2D eigenvalue weighted by molar-refractivity contribution is 0.987. The second-order valence-electron chi connectivity index (χ2n) is 6.86. The number of hydrogen-bond donors (Lipinski definition) is 3. The summed E-state index contributed by atoms with van der Waals surface area (Å²) in [5.74, 6) is 2.39. The fourth-order valence-corrected chi connectivity index (χ4v) is 3.47. The molecule has 0 amide bonds. The van der Waals surface area contributed by atoms with Crippen LogP contribution in [0.2, 0.25) is 0 Å². The van der Waals surface area contributed by atoms with Crippen LogP contribution in [-0.2, 0) is 12.8 Å². The predicted octanol–water partition coefficient (Wildman–Crippen LogP) is 5.23. The molecule has 3 N–H and O–H groups in total. The first-order chi connectivity index (χ1) is 13.7. The molecule has 0 radical (unpaired) electrons. The highest BCUT2D eigenvalue weighted by Gasteiger charge is 2.06. The third-order valence-corrected chi connectivity index (χ3v) is 4.87. The lowest BCUT2D eigenvalue weighted by Gasteiger charge is -2.12. The molecule has 5 nitrogen and oxygen atoms in total. The number of H-pyrrole nitrogens is 1. The van der Waals surface area contributed by atoms with Crippen LogP contribution in [0.3, 0.4) is 0 Å². The summed E-state index contributed by atoms with van der Waals surface area (Å²) in [6, 6.07) is 18.7. The van der Waals surface area contributed by atoms with Crippen LogP contribution in [0.4, 0.5) is 17.3 Å². The lowest BCUT2D eigenvalue weighted by atomic mass is 10.1. The lowest BCUT2D eigenvalue weighted by Crippen LogP contribution is -2.08. The van der Waals surface area contributed by atoms with Gasteiger partial charge in [0.1, 0.15) is 17.5 Å². The summed E-state index contributed by atoms with van der Waals surface area (Å²) in [6.45, 7) is 4.88. The van der Waals surface area contributed by atoms with Gasteiger partial charge in [-0.2, -0.15) is 0 Å². The molecule has 0 saturated carbocycles. The molecule has 0 atom stereocenters. The molecule has 0 unspecified atom stereocenters. The van der Waals surface area contributed by atoms with Crippen molar-refractivity contribution in [3.05, 3.63) is 77.7 Å². The van der Waals surface area contributed by atoms with E-state index in [9.17, 15) is 0 Å². The van der Waals surface area contributed by atoms with E-state index in [1.807, 2.05) is 19.1 Å². The van der Waals surface area contributed by atoms with Gasteiger partial charge >= 0.3 is 0 Å². The van der Waals surface area contributed by atoms with Gasteiger partial charge in [0, 0.05) is 35.4 Å². The minimum absolute atomic E-state index is 0.744. The number of nitrogens with one attached hydrogen (secondary N) is 3. The Morgan fingerprint density at radius 2 is 1.71 bits per heavy atom. The minimum atomic E-state index is 0.744. The first-order valence-corrected chi connectivity index (χ1v) is 9.72. The Hall–Kier alpha value is -3.34. The molecular weight excluding hydrogens is 346 g/mol. The first-order valence-electron chi connectivity index (χ1n) is 9.72. The molecule has 28 heavy (non-hydrogen) atoms. The standard InChI is InChI=1S/C23H25N5/c1-3-17-8-4-6-10-20(17)28-23-14-22(26-16(2)27-23)24-13-12-18-15-25-21-11-7-5-9-19(18)21/h4-11,14-15,25H,3,12-13H2,1-2H3,(H2,24,26,27,28). The van der Waals surface area contributed by atoms with Crippen molar-refractivity contribution in [3.63, 3.8) is 0 Å². The van der Waals surface area contributed by atoms with Crippen LogP contribution in [0.1, 0.15) is 23.9 Å². The van der Waals surface area contributed by atoms with Crippen molar-refractivity contribution in [2.24, 2.45) is 0 Å². The topological polar surface area (TPSA) is 65.6 Å². The van der Waals surface area contributed by atoms with Crippen LogP contribution < -0.4 is 10.6 Å². The molecule has 0 aliphatic heterocycles. The number of benzene rings is 2. The maximum absolute atomic E-state index is 4.54. The van der Waals surface area contributed by atoms with Crippen LogP contribution in [0.25, 0.3) is 10.9 Å². The number of aromatic amines is 1. The maximum atomic E-state index is 4.54. The highest BCUT2D eigenvalue weighted by molar-refractivity contribution is 5.83. The average molecular weight is 371 g/mol. The number of hydrogen-bond acceptors (Lipinski definition) is 4. The Bertz CT molecular complexity index is 1080. The fourth-order valence-electron chi connectivity index (χ4n) is 3.47. The minimum Gasteiger partial charge on any atom is -0.370 e. The number of rotatable bonds is 7. The van der Waals surface area contributed by atoms with Gasteiger partial charge in [0.25, 0.3) is 0 Å². The van der Waals surface area contributed by atoms with Crippen molar-refractivity contribution < 1.29 is 0 Å². The molecule has 142 valence electrons. The molecular formula is C23H25N5. The van der Waals surface area contributed by atoms with Crippen LogP contribution in [0.15, 0.2) is 60.8 Å². The molecule has 4 rings (SSSR count). The number of para-hydroxylation sites is 2. The van der Waals surface area contributed by atoms with Crippen LogP contribution in [0, 0.1) is 6.92 Å². The van der Waals surface area contributed by atoms with E-state index >= 15 is 0 Å². The van der Waals surface area contributed by atoms with E-state index in [0.717, 1.165) is 42.5 Å². The van der Waals surface area contributed by atoms with Gasteiger partial charge in [-0.15, -0.1) is 0 Å². The number of aryl methyl sites for hydroxylation is 2. The Balaban J connectivity index is 1.45. The van der Waals surface area contributed by atoms with Crippen LogP contribution >= 0.6 is 0 Å². The van der Waals surface area contributed by atoms with Crippen LogP contribution in [0.5, 0.6) is 0 Å². The fraction of sp³-hybridized carbons (Fsp3) is 0.217. The molecule has 4 aromatic rings. The third-order valence-electron chi connectivity index (χ3n) is 4.87. The number of aromatic nitrogens is 3. The van der Waals surface area contributed by atoms with E-state index < -0.39 is 0 Å². The van der Waals surface area contributed by atoms with E-state index in [1.165, 1.54) is 22.0 Å². The molecule has 0 fully saturated rings. The monoisotopic (exact) mass is 371 g/mol. The van der Waals surface area contributed by atoms with Crippen LogP contribution in [-0.4, -0.2) is 21.5 Å². The molecule has 0 spiro atoms. The first kappa shape index (κ1) is 18.0. The van der Waals surface area contributed by atoms with Gasteiger partial charge in [0.2, 0.25) is 0 Å². The van der Waals surface area contributed by atoms with E-state index in [1.54, 1.807) is 0 Å². The zero-order valence-corrected chi connectivity index (χ0v) is 16.3. The summed E-state index contributed by atoms with van der Waals surface area (Å²) in [6.07, 6.45) is 3.99. The van der Waals surface area contributed by atoms with Gasteiger partial charge in [-0.25, -0.2) is 9.97 Å². The van der Waals surface area contributed by atoms with Gasteiger partial charge in [-0.05, 0) is 43.0 Å². The van der Waals surface area contributed by atoms with E-state index in [0.29, 0.717) is 0 Å². The smallest absolute Gasteiger partial charge is 0.136 e. The van der Waals surface area contributed by atoms with E-state index in [-0.39, 0.29) is 0 Å². The zero-order chi connectivity index (χ0) is 19.3. The molecule has 0 aliphatic rings. The Labute approximate surface area is 165 Å². The van der Waals surface area contributed by atoms with Crippen molar-refractivity contribution >= 4 is 28.2 Å². The number of anilines is 3. The molecule has 2 aromatic heterocycles. The summed E-state index contributed by atoms with van der Waals surface area (Å²) in [7, 11) is 0. The van der Waals surface area contributed by atoms with Crippen molar-refractivity contribution in [3.8, 4) is 0 Å². The van der Waals surface area contributed by atoms with E-state index in [4.69, 9.17) is 0 Å². The average Bonchev–Trinajstić information content (AvgIpc) is 3.11. The normalized spacial score (nSPS) is 10.9. The van der Waals surface area contributed by atoms with Gasteiger partial charge < -0.3 is 15.6 Å². The van der Waals surface area contributed by atoms with Crippen molar-refractivity contribution in [2.45, 2.75) is 26.7 Å². The van der Waals surface area contributed by atoms with Gasteiger partial charge in [-0.3, -0.25) is 0 Å². The van der Waals surface area contributed by atoms with Gasteiger partial charge in [-0.1, -0.05) is 43.3 Å². The van der Waals surface area contributed by atoms with Crippen molar-refractivity contribution in [2.75, 3.05) is 17.2 Å². The van der Waals surface area contributed by atoms with Gasteiger partial charge in [0.15, 0.2) is 0 Å². The second kappa shape index (κ2) is 8.13. The highest BCUT2D eigenvalue weighted by Crippen LogP contribution is 2.22. The summed E-state index contributed by atoms with van der Waals surface area (Å²) in [5.41, 5.74) is 4.85. The second-order valence-corrected chi connectivity index (χ2v) is 6.86. The Morgan fingerprint density at radius 1 is 0.929 bits per heavy atom. The number of fused-ring (bicyclic) bond motifs is 1. The summed E-state index contributed by atoms with van der Waals surface area (Å²) in [4.78, 5) is 12.4. The molecule has 0 bridgehead atoms. The highest BCUT2D eigenvalue weighted by atomic mass is 15.1. The molecule has 0 aliphatic carbocycles. The molecule has 2 heterocycles. The maximum Gasteiger partial charge on any atom is 0.136 e. The molecule has 2 aromatic carbocycles. The predicted molar refractivity (Wildman–Crippen MR) is 116 cm³/mol. The molecule has 5 heteroatoms. The SMILES string of the molecule is CCc1ccccc1Nc1cc(NCCc2c[nH]c3ccccc23)nc(C)n1. The Morgan fingerprint density at radius 3 is 2.61 bits per heavy atom. The van der Waals surface area contributed by atoms with Gasteiger partial charge in [0.05, 0.1) is 0 Å². The number of nitrogens with zero attached hydrogens (tertiary/aromatic N) is 2. The molecule has 0 saturated heterocycles. The van der Waals surface area contributed by atoms with Crippen molar-refractivity contribution in [1.82, 2.24) is 15.0 Å². The summed E-state index contributed by atoms with van der Waals surface area (Å²) in [5, 5.41) is 8.15. The summed E-state index contributed by atoms with van der Waals surface area (Å²) >= 11 is 0. The van der Waals surface area contributed by atoms with E-state index in [2.05, 4.69) is 81.2 Å². The largest absolute Gasteiger partial charge is 0.370 e. The zero-order valence-electron chi connectivity index (χ0n) is 16.3. The quantitative estimate of drug-likeness (QED) is 0.416.